The summed E-state index contributed by atoms with van der Waals surface area (Å²) in [6.07, 6.45) is 7.05. The smallest absolute Gasteiger partial charge is 0.271 e. The van der Waals surface area contributed by atoms with Crippen LogP contribution in [0.15, 0.2) is 105 Å². The summed E-state index contributed by atoms with van der Waals surface area (Å²) >= 11 is 1.46. The van der Waals surface area contributed by atoms with Crippen LogP contribution in [0.3, 0.4) is 0 Å². The molecule has 0 spiro atoms. The first-order valence-corrected chi connectivity index (χ1v) is 13.5. The van der Waals surface area contributed by atoms with Crippen molar-refractivity contribution in [1.82, 2.24) is 4.57 Å². The maximum atomic E-state index is 13.8. The lowest BCUT2D eigenvalue weighted by Gasteiger charge is -2.31. The first kappa shape index (κ1) is 24.2. The van der Waals surface area contributed by atoms with Gasteiger partial charge in [-0.25, -0.2) is 4.99 Å². The molecular weight excluding hydrogens is 492 g/mol. The van der Waals surface area contributed by atoms with Crippen LogP contribution in [0.5, 0.6) is 11.5 Å². The Morgan fingerprint density at radius 3 is 2.18 bits per heavy atom. The standard InChI is InChI=1S/C32H28N2O3S/c1-36-25-15-11-22(12-16-25)19-24-9-6-10-27-29(24)33-32-34(30(27)23-13-17-26(37-2)18-14-23)31(35)28(38-32)20-21-7-4-3-5-8-21/h3-5,7-8,11-20,30H,6,9-10H2,1-2H3/b24-19+,28-20+/t30-/m1/s1. The Bertz CT molecular complexity index is 1710. The molecule has 0 radical (unpaired) electrons. The van der Waals surface area contributed by atoms with Gasteiger partial charge in [0, 0.05) is 0 Å². The topological polar surface area (TPSA) is 52.8 Å². The highest BCUT2D eigenvalue weighted by Gasteiger charge is 2.32. The number of methoxy groups -OCH3 is 2. The number of allylic oxidation sites excluding steroid dienone is 2. The van der Waals surface area contributed by atoms with Crippen LogP contribution in [-0.4, -0.2) is 18.8 Å². The summed E-state index contributed by atoms with van der Waals surface area (Å²) in [6.45, 7) is 0. The van der Waals surface area contributed by atoms with E-state index in [4.69, 9.17) is 14.5 Å². The minimum atomic E-state index is -0.204. The van der Waals surface area contributed by atoms with E-state index in [0.29, 0.717) is 4.53 Å². The highest BCUT2D eigenvalue weighted by molar-refractivity contribution is 7.07. The number of thiazole rings is 1. The lowest BCUT2D eigenvalue weighted by Crippen LogP contribution is -2.39. The van der Waals surface area contributed by atoms with Crippen molar-refractivity contribution in [3.8, 4) is 11.5 Å². The molecule has 1 aliphatic heterocycles. The van der Waals surface area contributed by atoms with Crippen molar-refractivity contribution in [2.45, 2.75) is 25.3 Å². The third-order valence-electron chi connectivity index (χ3n) is 7.12. The molecule has 190 valence electrons. The van der Waals surface area contributed by atoms with Gasteiger partial charge in [-0.05, 0) is 83.5 Å². The van der Waals surface area contributed by atoms with Gasteiger partial charge in [0.1, 0.15) is 11.5 Å². The molecule has 0 bridgehead atoms. The lowest BCUT2D eigenvalue weighted by atomic mass is 9.84. The van der Waals surface area contributed by atoms with Crippen LogP contribution in [0.2, 0.25) is 0 Å². The molecule has 4 aromatic rings. The number of aromatic nitrogens is 1. The van der Waals surface area contributed by atoms with E-state index < -0.39 is 0 Å². The second-order valence-electron chi connectivity index (χ2n) is 9.44. The quantitative estimate of drug-likeness (QED) is 0.349. The molecule has 0 amide bonds. The van der Waals surface area contributed by atoms with E-state index in [0.717, 1.165) is 58.0 Å². The Balaban J connectivity index is 1.55. The van der Waals surface area contributed by atoms with Crippen LogP contribution in [0.25, 0.3) is 12.2 Å². The minimum Gasteiger partial charge on any atom is -0.497 e. The number of ether oxygens (including phenoxy) is 2. The normalized spacial score (nSPS) is 18.1. The minimum absolute atomic E-state index is 0.00349. The Hall–Kier alpha value is -4.16. The second kappa shape index (κ2) is 10.3. The summed E-state index contributed by atoms with van der Waals surface area (Å²) in [5.41, 5.74) is 6.58. The first-order valence-electron chi connectivity index (χ1n) is 12.7. The fourth-order valence-corrected chi connectivity index (χ4v) is 6.25. The SMILES string of the molecule is COc1ccc(/C=C2\CCCC3=C2N=c2s/c(=C/c4ccccc4)c(=O)n2[C@@H]3c2ccc(OC)cc2)cc1. The maximum Gasteiger partial charge on any atom is 0.271 e. The van der Waals surface area contributed by atoms with Crippen molar-refractivity contribution in [2.24, 2.45) is 4.99 Å². The molecule has 6 rings (SSSR count). The van der Waals surface area contributed by atoms with E-state index in [2.05, 4.69) is 30.3 Å². The van der Waals surface area contributed by atoms with Gasteiger partial charge in [-0.2, -0.15) is 0 Å². The maximum absolute atomic E-state index is 13.8. The summed E-state index contributed by atoms with van der Waals surface area (Å²) < 4.78 is 13.3. The summed E-state index contributed by atoms with van der Waals surface area (Å²) in [5.74, 6) is 1.63. The largest absolute Gasteiger partial charge is 0.497 e. The Kier molecular flexibility index (Phi) is 6.56. The summed E-state index contributed by atoms with van der Waals surface area (Å²) in [7, 11) is 3.34. The number of rotatable bonds is 5. The van der Waals surface area contributed by atoms with Crippen molar-refractivity contribution in [3.63, 3.8) is 0 Å². The van der Waals surface area contributed by atoms with E-state index in [1.807, 2.05) is 65.2 Å². The number of benzene rings is 3. The number of fused-ring (bicyclic) bond motifs is 1. The first-order chi connectivity index (χ1) is 18.6. The van der Waals surface area contributed by atoms with Crippen molar-refractivity contribution in [1.29, 1.82) is 0 Å². The molecule has 1 atom stereocenters. The lowest BCUT2D eigenvalue weighted by molar-refractivity contribution is 0.414. The van der Waals surface area contributed by atoms with E-state index in [9.17, 15) is 4.79 Å². The van der Waals surface area contributed by atoms with Gasteiger partial charge in [0.15, 0.2) is 4.80 Å². The van der Waals surface area contributed by atoms with Crippen molar-refractivity contribution in [3.05, 3.63) is 132 Å². The van der Waals surface area contributed by atoms with E-state index >= 15 is 0 Å². The van der Waals surface area contributed by atoms with E-state index in [1.54, 1.807) is 14.2 Å². The monoisotopic (exact) mass is 520 g/mol. The molecule has 0 saturated heterocycles. The molecule has 2 heterocycles. The molecular formula is C32H28N2O3S. The average molecular weight is 521 g/mol. The molecule has 0 N–H and O–H groups in total. The molecule has 0 unspecified atom stereocenters. The zero-order valence-corrected chi connectivity index (χ0v) is 22.2. The summed E-state index contributed by atoms with van der Waals surface area (Å²) in [5, 5.41) is 0. The Labute approximate surface area is 225 Å². The summed E-state index contributed by atoms with van der Waals surface area (Å²) in [6, 6.07) is 25.9. The van der Waals surface area contributed by atoms with Gasteiger partial charge >= 0.3 is 0 Å². The molecule has 38 heavy (non-hydrogen) atoms. The molecule has 1 aromatic heterocycles. The fraction of sp³-hybridized carbons (Fsp3) is 0.188. The number of hydrogen-bond donors (Lipinski definition) is 0. The molecule has 3 aromatic carbocycles. The van der Waals surface area contributed by atoms with Crippen LogP contribution in [0.1, 0.15) is 42.0 Å². The number of nitrogens with zero attached hydrogens (tertiary/aromatic N) is 2. The van der Waals surface area contributed by atoms with Crippen molar-refractivity contribution < 1.29 is 9.47 Å². The van der Waals surface area contributed by atoms with Crippen molar-refractivity contribution in [2.75, 3.05) is 14.2 Å². The van der Waals surface area contributed by atoms with Gasteiger partial charge in [0.05, 0.1) is 30.5 Å². The zero-order valence-electron chi connectivity index (χ0n) is 21.4. The third-order valence-corrected chi connectivity index (χ3v) is 8.10. The molecule has 0 saturated carbocycles. The van der Waals surface area contributed by atoms with Gasteiger partial charge in [0.2, 0.25) is 0 Å². The van der Waals surface area contributed by atoms with Gasteiger partial charge in [-0.15, -0.1) is 0 Å². The molecule has 2 aliphatic rings. The van der Waals surface area contributed by atoms with Crippen LogP contribution >= 0.6 is 11.3 Å². The number of hydrogen-bond acceptors (Lipinski definition) is 5. The molecule has 6 heteroatoms. The van der Waals surface area contributed by atoms with E-state index in [-0.39, 0.29) is 11.6 Å². The third kappa shape index (κ3) is 4.52. The van der Waals surface area contributed by atoms with Crippen LogP contribution in [-0.2, 0) is 0 Å². The fourth-order valence-electron chi connectivity index (χ4n) is 5.24. The Morgan fingerprint density at radius 1 is 0.842 bits per heavy atom. The van der Waals surface area contributed by atoms with Crippen LogP contribution in [0, 0.1) is 0 Å². The second-order valence-corrected chi connectivity index (χ2v) is 10.4. The predicted molar refractivity (Wildman–Crippen MR) is 152 cm³/mol. The van der Waals surface area contributed by atoms with Gasteiger partial charge in [-0.1, -0.05) is 65.9 Å². The highest BCUT2D eigenvalue weighted by Crippen LogP contribution is 2.41. The predicted octanol–water partition coefficient (Wildman–Crippen LogP) is 5.50. The van der Waals surface area contributed by atoms with Crippen LogP contribution < -0.4 is 24.4 Å². The van der Waals surface area contributed by atoms with Crippen molar-refractivity contribution >= 4 is 23.5 Å². The van der Waals surface area contributed by atoms with Crippen LogP contribution in [0.4, 0.5) is 0 Å². The highest BCUT2D eigenvalue weighted by atomic mass is 32.1. The zero-order chi connectivity index (χ0) is 26.1. The van der Waals surface area contributed by atoms with E-state index in [1.165, 1.54) is 22.5 Å². The summed E-state index contributed by atoms with van der Waals surface area (Å²) in [4.78, 5) is 19.7. The Morgan fingerprint density at radius 2 is 1.50 bits per heavy atom. The molecule has 5 nitrogen and oxygen atoms in total. The van der Waals surface area contributed by atoms with Gasteiger partial charge < -0.3 is 9.47 Å². The average Bonchev–Trinajstić information content (AvgIpc) is 3.27. The molecule has 1 aliphatic carbocycles. The van der Waals surface area contributed by atoms with Gasteiger partial charge in [-0.3, -0.25) is 9.36 Å². The van der Waals surface area contributed by atoms with Gasteiger partial charge in [0.25, 0.3) is 5.56 Å². The molecule has 0 fully saturated rings.